The molecule has 3 aromatic rings. The van der Waals surface area contributed by atoms with Gasteiger partial charge >= 0.3 is 6.18 Å². The second-order valence-electron chi connectivity index (χ2n) is 6.60. The molecule has 0 spiro atoms. The van der Waals surface area contributed by atoms with Crippen molar-refractivity contribution in [3.8, 4) is 6.07 Å². The molecule has 1 aliphatic carbocycles. The van der Waals surface area contributed by atoms with E-state index in [2.05, 4.69) is 9.97 Å². The fourth-order valence-corrected chi connectivity index (χ4v) is 4.64. The van der Waals surface area contributed by atoms with Crippen LogP contribution in [0.25, 0.3) is 21.9 Å². The molecule has 1 aliphatic rings. The van der Waals surface area contributed by atoms with Crippen molar-refractivity contribution in [1.29, 1.82) is 5.26 Å². The van der Waals surface area contributed by atoms with Crippen molar-refractivity contribution in [1.82, 2.24) is 9.97 Å². The lowest BCUT2D eigenvalue weighted by atomic mass is 9.97. The molecule has 1 aromatic carbocycles. The summed E-state index contributed by atoms with van der Waals surface area (Å²) >= 11 is 1.47. The molecule has 0 amide bonds. The maximum atomic E-state index is 12.7. The number of thiophene rings is 1. The maximum absolute atomic E-state index is 12.7. The average Bonchev–Trinajstić information content (AvgIpc) is 3.04. The molecular weight excluding hydrogens is 387 g/mol. The predicted molar refractivity (Wildman–Crippen MR) is 102 cm³/mol. The first-order valence-electron chi connectivity index (χ1n) is 8.71. The molecule has 0 atom stereocenters. The zero-order valence-corrected chi connectivity index (χ0v) is 15.4. The van der Waals surface area contributed by atoms with Crippen LogP contribution in [0, 0.1) is 11.3 Å². The van der Waals surface area contributed by atoms with Gasteiger partial charge in [-0.15, -0.1) is 11.3 Å². The Morgan fingerprint density at radius 3 is 2.61 bits per heavy atom. The van der Waals surface area contributed by atoms with Crippen LogP contribution in [0.4, 0.5) is 13.2 Å². The number of alkyl halides is 3. The van der Waals surface area contributed by atoms with Crippen molar-refractivity contribution in [3.05, 3.63) is 62.0 Å². The van der Waals surface area contributed by atoms with Gasteiger partial charge in [0, 0.05) is 4.88 Å². The van der Waals surface area contributed by atoms with Crippen molar-refractivity contribution in [2.24, 2.45) is 0 Å². The summed E-state index contributed by atoms with van der Waals surface area (Å²) in [5.74, 6) is 0.124. The van der Waals surface area contributed by atoms with Crippen molar-refractivity contribution in [2.45, 2.75) is 31.9 Å². The Morgan fingerprint density at radius 1 is 1.21 bits per heavy atom. The third-order valence-corrected chi connectivity index (χ3v) is 5.94. The van der Waals surface area contributed by atoms with Gasteiger partial charge in [-0.25, -0.2) is 4.98 Å². The van der Waals surface area contributed by atoms with E-state index in [-0.39, 0.29) is 17.0 Å². The van der Waals surface area contributed by atoms with Crippen LogP contribution in [0.5, 0.6) is 0 Å². The predicted octanol–water partition coefficient (Wildman–Crippen LogP) is 4.95. The van der Waals surface area contributed by atoms with Crippen molar-refractivity contribution < 1.29 is 13.2 Å². The topological polar surface area (TPSA) is 69.5 Å². The highest BCUT2D eigenvalue weighted by molar-refractivity contribution is 7.18. The van der Waals surface area contributed by atoms with Crippen LogP contribution in [-0.2, 0) is 19.0 Å². The lowest BCUT2D eigenvalue weighted by molar-refractivity contribution is -0.137. The van der Waals surface area contributed by atoms with Gasteiger partial charge in [-0.05, 0) is 55.0 Å². The number of aromatic amines is 1. The van der Waals surface area contributed by atoms with Crippen LogP contribution >= 0.6 is 11.3 Å². The molecule has 4 nitrogen and oxygen atoms in total. The summed E-state index contributed by atoms with van der Waals surface area (Å²) in [6, 6.07) is 6.44. The minimum Gasteiger partial charge on any atom is -0.305 e. The van der Waals surface area contributed by atoms with E-state index in [0.29, 0.717) is 15.8 Å². The van der Waals surface area contributed by atoms with E-state index in [1.54, 1.807) is 0 Å². The van der Waals surface area contributed by atoms with Gasteiger partial charge in [0.05, 0.1) is 16.5 Å². The van der Waals surface area contributed by atoms with Gasteiger partial charge in [-0.3, -0.25) is 4.79 Å². The van der Waals surface area contributed by atoms with Crippen LogP contribution in [-0.4, -0.2) is 9.97 Å². The zero-order chi connectivity index (χ0) is 19.9. The number of nitriles is 1. The molecule has 142 valence electrons. The summed E-state index contributed by atoms with van der Waals surface area (Å²) in [6.45, 7) is 0. The Morgan fingerprint density at radius 2 is 1.93 bits per heavy atom. The Hall–Kier alpha value is -2.92. The molecule has 0 aliphatic heterocycles. The summed E-state index contributed by atoms with van der Waals surface area (Å²) in [5, 5.41) is 10.1. The van der Waals surface area contributed by atoms with E-state index in [0.717, 1.165) is 43.4 Å². The molecule has 0 saturated heterocycles. The summed E-state index contributed by atoms with van der Waals surface area (Å²) in [7, 11) is 0. The van der Waals surface area contributed by atoms with Crippen LogP contribution in [0.3, 0.4) is 0 Å². The fourth-order valence-electron chi connectivity index (χ4n) is 3.38. The van der Waals surface area contributed by atoms with E-state index in [4.69, 9.17) is 0 Å². The smallest absolute Gasteiger partial charge is 0.305 e. The minimum atomic E-state index is -4.42. The number of nitrogens with one attached hydrogen (secondary N) is 1. The van der Waals surface area contributed by atoms with E-state index in [1.807, 2.05) is 6.07 Å². The van der Waals surface area contributed by atoms with Gasteiger partial charge in [0.2, 0.25) is 0 Å². The maximum Gasteiger partial charge on any atom is 0.416 e. The molecule has 0 radical (unpaired) electrons. The Labute approximate surface area is 162 Å². The number of aromatic nitrogens is 2. The molecule has 28 heavy (non-hydrogen) atoms. The largest absolute Gasteiger partial charge is 0.416 e. The Balaban J connectivity index is 1.76. The number of nitrogens with zero attached hydrogens (tertiary/aromatic N) is 2. The zero-order valence-electron chi connectivity index (χ0n) is 14.6. The Bertz CT molecular complexity index is 1180. The van der Waals surface area contributed by atoms with Crippen LogP contribution in [0.1, 0.15) is 40.2 Å². The Kier molecular flexibility index (Phi) is 4.55. The minimum absolute atomic E-state index is 0.0881. The van der Waals surface area contributed by atoms with E-state index in [9.17, 15) is 23.2 Å². The lowest BCUT2D eigenvalue weighted by Crippen LogP contribution is -2.12. The van der Waals surface area contributed by atoms with Crippen molar-refractivity contribution in [2.75, 3.05) is 0 Å². The third kappa shape index (κ3) is 3.34. The first-order chi connectivity index (χ1) is 13.4. The number of aryl methyl sites for hydroxylation is 2. The number of H-pyrrole nitrogens is 1. The molecule has 1 N–H and O–H groups in total. The van der Waals surface area contributed by atoms with Crippen molar-refractivity contribution >= 4 is 33.2 Å². The van der Waals surface area contributed by atoms with Gasteiger partial charge in [-0.1, -0.05) is 12.1 Å². The number of allylic oxidation sites excluding steroid dienone is 1. The molecular formula is C20H14F3N3OS. The average molecular weight is 401 g/mol. The number of benzene rings is 1. The fraction of sp³-hybridized carbons (Fsp3) is 0.250. The number of hydrogen-bond donors (Lipinski definition) is 1. The molecule has 0 fully saturated rings. The summed E-state index contributed by atoms with van der Waals surface area (Å²) in [6.07, 6.45) is 0.900. The normalized spacial score (nSPS) is 14.7. The lowest BCUT2D eigenvalue weighted by Gasteiger charge is -2.09. The quantitative estimate of drug-likeness (QED) is 0.618. The molecule has 2 aromatic heterocycles. The number of hydrogen-bond acceptors (Lipinski definition) is 4. The monoisotopic (exact) mass is 401 g/mol. The molecule has 4 rings (SSSR count). The summed E-state index contributed by atoms with van der Waals surface area (Å²) in [5.41, 5.74) is 0.507. The summed E-state index contributed by atoms with van der Waals surface area (Å²) < 4.78 is 38.1. The molecule has 8 heteroatoms. The second kappa shape index (κ2) is 6.91. The van der Waals surface area contributed by atoms with Gasteiger partial charge in [0.1, 0.15) is 10.9 Å². The highest BCUT2D eigenvalue weighted by atomic mass is 32.1. The molecule has 0 bridgehead atoms. The first-order valence-corrected chi connectivity index (χ1v) is 9.52. The summed E-state index contributed by atoms with van der Waals surface area (Å²) in [4.78, 5) is 21.5. The van der Waals surface area contributed by atoms with Gasteiger partial charge in [0.15, 0.2) is 5.82 Å². The third-order valence-electron chi connectivity index (χ3n) is 4.75. The number of halogens is 3. The molecule has 2 heterocycles. The highest BCUT2D eigenvalue weighted by Gasteiger charge is 2.29. The van der Waals surface area contributed by atoms with Gasteiger partial charge in [-0.2, -0.15) is 18.4 Å². The highest BCUT2D eigenvalue weighted by Crippen LogP contribution is 2.34. The number of fused-ring (bicyclic) bond motifs is 3. The van der Waals surface area contributed by atoms with E-state index in [1.165, 1.54) is 34.4 Å². The van der Waals surface area contributed by atoms with Crippen LogP contribution in [0.15, 0.2) is 29.1 Å². The van der Waals surface area contributed by atoms with E-state index >= 15 is 0 Å². The van der Waals surface area contributed by atoms with Gasteiger partial charge in [0.25, 0.3) is 5.56 Å². The standard InChI is InChI=1S/C20H14F3N3OS/c21-20(22,23)13-7-5-11(6-8-13)9-12(10-24)17-25-18(27)16-14-3-1-2-4-15(14)28-19(16)26-17/h5-9H,1-4H2,(H,25,26,27)/b12-9+. The van der Waals surface area contributed by atoms with Gasteiger partial charge < -0.3 is 4.98 Å². The second-order valence-corrected chi connectivity index (χ2v) is 7.68. The SMILES string of the molecule is N#C/C(=C\c1ccc(C(F)(F)F)cc1)c1nc2sc3c(c2c(=O)[nH]1)CCCC3. The van der Waals surface area contributed by atoms with E-state index < -0.39 is 11.7 Å². The number of rotatable bonds is 2. The molecule has 0 saturated carbocycles. The van der Waals surface area contributed by atoms with Crippen LogP contribution < -0.4 is 5.56 Å². The van der Waals surface area contributed by atoms with Crippen molar-refractivity contribution in [3.63, 3.8) is 0 Å². The van der Waals surface area contributed by atoms with Crippen LogP contribution in [0.2, 0.25) is 0 Å². The molecule has 0 unspecified atom stereocenters. The first kappa shape index (κ1) is 18.4.